The van der Waals surface area contributed by atoms with E-state index in [2.05, 4.69) is 12.1 Å². The molecule has 15 heavy (non-hydrogen) atoms. The second kappa shape index (κ2) is 3.95. The van der Waals surface area contributed by atoms with E-state index in [-0.39, 0.29) is 6.10 Å². The first-order chi connectivity index (χ1) is 7.09. The quantitative estimate of drug-likeness (QED) is 0.819. The van der Waals surface area contributed by atoms with Gasteiger partial charge in [-0.15, -0.1) is 0 Å². The molecule has 0 aromatic heterocycles. The number of fused-ring (bicyclic) bond motifs is 1. The lowest BCUT2D eigenvalue weighted by atomic mass is 10.0. The van der Waals surface area contributed by atoms with E-state index in [0.717, 1.165) is 12.8 Å². The maximum atomic E-state index is 10.3. The Morgan fingerprint density at radius 3 is 2.27 bits per heavy atom. The van der Waals surface area contributed by atoms with Crippen LogP contribution in [-0.4, -0.2) is 23.4 Å². The summed E-state index contributed by atoms with van der Waals surface area (Å²) in [4.78, 5) is 0. The van der Waals surface area contributed by atoms with Crippen LogP contribution >= 0.6 is 0 Å². The predicted molar refractivity (Wildman–Crippen MR) is 59.9 cm³/mol. The maximum absolute atomic E-state index is 10.3. The number of aliphatic hydroxyl groups is 1. The molecule has 0 heterocycles. The summed E-state index contributed by atoms with van der Waals surface area (Å²) >= 11 is 0. The Balaban J connectivity index is 2.04. The lowest BCUT2D eigenvalue weighted by Crippen LogP contribution is -2.36. The van der Waals surface area contributed by atoms with Crippen molar-refractivity contribution in [3.05, 3.63) is 35.4 Å². The number of ether oxygens (including phenoxy) is 1. The molecule has 0 radical (unpaired) electrons. The van der Waals surface area contributed by atoms with Crippen LogP contribution in [0.2, 0.25) is 0 Å². The van der Waals surface area contributed by atoms with Crippen LogP contribution < -0.4 is 0 Å². The van der Waals surface area contributed by atoms with Crippen LogP contribution in [0.3, 0.4) is 0 Å². The Labute approximate surface area is 90.9 Å². The van der Waals surface area contributed by atoms with Crippen molar-refractivity contribution < 1.29 is 9.84 Å². The Morgan fingerprint density at radius 1 is 1.27 bits per heavy atom. The van der Waals surface area contributed by atoms with Gasteiger partial charge in [0.1, 0.15) is 0 Å². The fourth-order valence-corrected chi connectivity index (χ4v) is 2.10. The molecule has 0 spiro atoms. The van der Waals surface area contributed by atoms with Crippen LogP contribution in [0, 0.1) is 0 Å². The minimum atomic E-state index is -0.687. The number of hydrogen-bond donors (Lipinski definition) is 1. The van der Waals surface area contributed by atoms with Gasteiger partial charge < -0.3 is 9.84 Å². The Hall–Kier alpha value is -0.860. The highest BCUT2D eigenvalue weighted by atomic mass is 16.5. The minimum Gasteiger partial charge on any atom is -0.387 e. The zero-order chi connectivity index (χ0) is 10.9. The van der Waals surface area contributed by atoms with Crippen molar-refractivity contribution in [1.82, 2.24) is 0 Å². The average molecular weight is 206 g/mol. The average Bonchev–Trinajstić information content (AvgIpc) is 2.52. The SMILES string of the molecule is CC(C)OCC1(O)Cc2ccccc2C1. The zero-order valence-corrected chi connectivity index (χ0v) is 9.36. The van der Waals surface area contributed by atoms with Crippen molar-refractivity contribution in [2.75, 3.05) is 6.61 Å². The third-order valence-electron chi connectivity index (χ3n) is 2.84. The van der Waals surface area contributed by atoms with Crippen LogP contribution in [0.25, 0.3) is 0 Å². The van der Waals surface area contributed by atoms with Gasteiger partial charge in [0.2, 0.25) is 0 Å². The van der Waals surface area contributed by atoms with Crippen LogP contribution in [-0.2, 0) is 17.6 Å². The highest BCUT2D eigenvalue weighted by Crippen LogP contribution is 2.30. The molecule has 1 aromatic rings. The highest BCUT2D eigenvalue weighted by Gasteiger charge is 2.35. The predicted octanol–water partition coefficient (Wildman–Crippen LogP) is 1.94. The smallest absolute Gasteiger partial charge is 0.0960 e. The van der Waals surface area contributed by atoms with E-state index in [9.17, 15) is 5.11 Å². The van der Waals surface area contributed by atoms with Crippen molar-refractivity contribution in [1.29, 1.82) is 0 Å². The minimum absolute atomic E-state index is 0.178. The molecule has 1 aromatic carbocycles. The molecule has 0 amide bonds. The van der Waals surface area contributed by atoms with E-state index in [4.69, 9.17) is 4.74 Å². The van der Waals surface area contributed by atoms with E-state index in [1.165, 1.54) is 11.1 Å². The monoisotopic (exact) mass is 206 g/mol. The van der Waals surface area contributed by atoms with E-state index in [0.29, 0.717) is 6.61 Å². The molecule has 0 saturated carbocycles. The van der Waals surface area contributed by atoms with Crippen molar-refractivity contribution in [2.24, 2.45) is 0 Å². The molecule has 0 fully saturated rings. The molecule has 0 saturated heterocycles. The Morgan fingerprint density at radius 2 is 1.80 bits per heavy atom. The topological polar surface area (TPSA) is 29.5 Å². The van der Waals surface area contributed by atoms with Gasteiger partial charge in [-0.1, -0.05) is 24.3 Å². The zero-order valence-electron chi connectivity index (χ0n) is 9.36. The van der Waals surface area contributed by atoms with Gasteiger partial charge in [-0.25, -0.2) is 0 Å². The molecule has 0 atom stereocenters. The largest absolute Gasteiger partial charge is 0.387 e. The first-order valence-corrected chi connectivity index (χ1v) is 5.50. The molecule has 1 aliphatic rings. The van der Waals surface area contributed by atoms with Gasteiger partial charge in [-0.2, -0.15) is 0 Å². The first kappa shape index (κ1) is 10.7. The van der Waals surface area contributed by atoms with E-state index in [1.54, 1.807) is 0 Å². The van der Waals surface area contributed by atoms with Crippen molar-refractivity contribution in [2.45, 2.75) is 38.4 Å². The van der Waals surface area contributed by atoms with E-state index >= 15 is 0 Å². The molecular weight excluding hydrogens is 188 g/mol. The second-order valence-electron chi connectivity index (χ2n) is 4.71. The van der Waals surface area contributed by atoms with Crippen LogP contribution in [0.15, 0.2) is 24.3 Å². The summed E-state index contributed by atoms with van der Waals surface area (Å²) in [6.45, 7) is 4.41. The molecule has 0 unspecified atom stereocenters. The Bertz CT molecular complexity index is 319. The molecule has 2 heteroatoms. The van der Waals surface area contributed by atoms with Gasteiger partial charge in [0.25, 0.3) is 0 Å². The summed E-state index contributed by atoms with van der Waals surface area (Å²) in [5.74, 6) is 0. The molecule has 0 bridgehead atoms. The molecule has 0 aliphatic heterocycles. The summed E-state index contributed by atoms with van der Waals surface area (Å²) in [7, 11) is 0. The molecule has 82 valence electrons. The van der Waals surface area contributed by atoms with Crippen molar-refractivity contribution in [3.63, 3.8) is 0 Å². The summed E-state index contributed by atoms with van der Waals surface area (Å²) in [5, 5.41) is 10.3. The van der Waals surface area contributed by atoms with Gasteiger partial charge in [0.05, 0.1) is 18.3 Å². The van der Waals surface area contributed by atoms with Gasteiger partial charge in [-0.3, -0.25) is 0 Å². The Kier molecular flexibility index (Phi) is 2.81. The van der Waals surface area contributed by atoms with Crippen molar-refractivity contribution >= 4 is 0 Å². The summed E-state index contributed by atoms with van der Waals surface area (Å²) in [6, 6.07) is 8.22. The lowest BCUT2D eigenvalue weighted by molar-refractivity contribution is -0.0581. The highest BCUT2D eigenvalue weighted by molar-refractivity contribution is 5.35. The summed E-state index contributed by atoms with van der Waals surface area (Å²) < 4.78 is 5.51. The molecule has 1 N–H and O–H groups in total. The standard InChI is InChI=1S/C13H18O2/c1-10(2)15-9-13(14)7-11-5-3-4-6-12(11)8-13/h3-6,10,14H,7-9H2,1-2H3. The second-order valence-corrected chi connectivity index (χ2v) is 4.71. The van der Waals surface area contributed by atoms with Crippen LogP contribution in [0.5, 0.6) is 0 Å². The third-order valence-corrected chi connectivity index (χ3v) is 2.84. The number of hydrogen-bond acceptors (Lipinski definition) is 2. The van der Waals surface area contributed by atoms with Crippen LogP contribution in [0.4, 0.5) is 0 Å². The van der Waals surface area contributed by atoms with Crippen LogP contribution in [0.1, 0.15) is 25.0 Å². The normalized spacial score (nSPS) is 18.1. The van der Waals surface area contributed by atoms with Gasteiger partial charge in [0.15, 0.2) is 0 Å². The maximum Gasteiger partial charge on any atom is 0.0960 e. The molecular formula is C13H18O2. The molecule has 2 nitrogen and oxygen atoms in total. The van der Waals surface area contributed by atoms with Gasteiger partial charge in [0, 0.05) is 12.8 Å². The van der Waals surface area contributed by atoms with Gasteiger partial charge in [-0.05, 0) is 25.0 Å². The summed E-state index contributed by atoms with van der Waals surface area (Å²) in [6.07, 6.45) is 1.61. The number of benzene rings is 1. The van der Waals surface area contributed by atoms with Gasteiger partial charge >= 0.3 is 0 Å². The molecule has 2 rings (SSSR count). The first-order valence-electron chi connectivity index (χ1n) is 5.50. The van der Waals surface area contributed by atoms with Crippen molar-refractivity contribution in [3.8, 4) is 0 Å². The van der Waals surface area contributed by atoms with E-state index in [1.807, 2.05) is 26.0 Å². The van der Waals surface area contributed by atoms with E-state index < -0.39 is 5.60 Å². The fourth-order valence-electron chi connectivity index (χ4n) is 2.10. The number of rotatable bonds is 3. The molecule has 1 aliphatic carbocycles. The fraction of sp³-hybridized carbons (Fsp3) is 0.538. The lowest BCUT2D eigenvalue weighted by Gasteiger charge is -2.23. The summed E-state index contributed by atoms with van der Waals surface area (Å²) in [5.41, 5.74) is 1.83. The third kappa shape index (κ3) is 2.39.